The van der Waals surface area contributed by atoms with E-state index < -0.39 is 0 Å². The summed E-state index contributed by atoms with van der Waals surface area (Å²) in [6.45, 7) is 6.84. The molecule has 5 nitrogen and oxygen atoms in total. The molecule has 3 saturated heterocycles. The lowest BCUT2D eigenvalue weighted by Crippen LogP contribution is -2.56. The molecule has 0 unspecified atom stereocenters. The SMILES string of the molecule is O=C(C1CCN(C2CCN(CCCc3ccccc3)CC2)CC1)N1CC(O)C1. The van der Waals surface area contributed by atoms with Crippen molar-refractivity contribution in [2.45, 2.75) is 50.7 Å². The number of likely N-dealkylation sites (tertiary alicyclic amines) is 3. The monoisotopic (exact) mass is 385 g/mol. The lowest BCUT2D eigenvalue weighted by atomic mass is 9.91. The van der Waals surface area contributed by atoms with Crippen LogP contribution in [0.4, 0.5) is 0 Å². The van der Waals surface area contributed by atoms with Gasteiger partial charge in [-0.1, -0.05) is 30.3 Å². The molecule has 3 fully saturated rings. The van der Waals surface area contributed by atoms with Crippen molar-refractivity contribution >= 4 is 5.91 Å². The van der Waals surface area contributed by atoms with Gasteiger partial charge in [-0.2, -0.15) is 0 Å². The topological polar surface area (TPSA) is 47.0 Å². The highest BCUT2D eigenvalue weighted by Crippen LogP contribution is 2.26. The minimum atomic E-state index is -0.290. The van der Waals surface area contributed by atoms with Gasteiger partial charge in [0.25, 0.3) is 0 Å². The van der Waals surface area contributed by atoms with Crippen LogP contribution in [0.1, 0.15) is 37.7 Å². The fraction of sp³-hybridized carbons (Fsp3) is 0.696. The van der Waals surface area contributed by atoms with Gasteiger partial charge in [0.05, 0.1) is 6.10 Å². The predicted molar refractivity (Wildman–Crippen MR) is 111 cm³/mol. The van der Waals surface area contributed by atoms with E-state index in [4.69, 9.17) is 0 Å². The number of hydrogen-bond acceptors (Lipinski definition) is 4. The number of aryl methyl sites for hydroxylation is 1. The van der Waals surface area contributed by atoms with Crippen LogP contribution in [0.15, 0.2) is 30.3 Å². The number of piperidine rings is 2. The fourth-order valence-corrected chi connectivity index (χ4v) is 5.06. The number of amides is 1. The van der Waals surface area contributed by atoms with Crippen molar-refractivity contribution in [3.05, 3.63) is 35.9 Å². The summed E-state index contributed by atoms with van der Waals surface area (Å²) in [5.74, 6) is 0.458. The van der Waals surface area contributed by atoms with E-state index in [0.29, 0.717) is 19.1 Å². The first-order valence-corrected chi connectivity index (χ1v) is 11.2. The standard InChI is InChI=1S/C23H35N3O2/c27-22-17-26(18-22)23(28)20-8-15-25(16-9-20)21-10-13-24(14-11-21)12-4-7-19-5-2-1-3-6-19/h1-3,5-6,20-22,27H,4,7-18H2. The summed E-state index contributed by atoms with van der Waals surface area (Å²) >= 11 is 0. The van der Waals surface area contributed by atoms with Gasteiger partial charge >= 0.3 is 0 Å². The first kappa shape index (κ1) is 19.9. The maximum atomic E-state index is 12.4. The number of hydrogen-bond donors (Lipinski definition) is 1. The third kappa shape index (κ3) is 4.94. The Bertz CT molecular complexity index is 616. The van der Waals surface area contributed by atoms with E-state index in [1.165, 1.54) is 50.9 Å². The minimum Gasteiger partial charge on any atom is -0.389 e. The molecule has 1 aromatic carbocycles. The summed E-state index contributed by atoms with van der Waals surface area (Å²) in [7, 11) is 0. The zero-order valence-corrected chi connectivity index (χ0v) is 17.0. The van der Waals surface area contributed by atoms with Crippen molar-refractivity contribution in [3.8, 4) is 0 Å². The molecule has 0 bridgehead atoms. The van der Waals surface area contributed by atoms with E-state index in [9.17, 15) is 9.90 Å². The van der Waals surface area contributed by atoms with Crippen molar-refractivity contribution in [1.29, 1.82) is 0 Å². The molecule has 0 radical (unpaired) electrons. The average Bonchev–Trinajstić information content (AvgIpc) is 2.72. The number of nitrogens with zero attached hydrogens (tertiary/aromatic N) is 3. The summed E-state index contributed by atoms with van der Waals surface area (Å²) in [6.07, 6.45) is 6.64. The average molecular weight is 386 g/mol. The first-order valence-electron chi connectivity index (χ1n) is 11.2. The Morgan fingerprint density at radius 1 is 0.964 bits per heavy atom. The molecule has 1 amide bonds. The predicted octanol–water partition coefficient (Wildman–Crippen LogP) is 2.00. The molecule has 5 heteroatoms. The Balaban J connectivity index is 1.12. The van der Waals surface area contributed by atoms with Crippen molar-refractivity contribution in [2.75, 3.05) is 45.8 Å². The van der Waals surface area contributed by atoms with Crippen LogP contribution in [-0.2, 0) is 11.2 Å². The van der Waals surface area contributed by atoms with Crippen molar-refractivity contribution in [2.24, 2.45) is 5.92 Å². The van der Waals surface area contributed by atoms with Crippen LogP contribution in [0.5, 0.6) is 0 Å². The van der Waals surface area contributed by atoms with E-state index in [2.05, 4.69) is 40.1 Å². The van der Waals surface area contributed by atoms with Gasteiger partial charge < -0.3 is 19.8 Å². The molecule has 0 saturated carbocycles. The van der Waals surface area contributed by atoms with Gasteiger partial charge in [-0.05, 0) is 76.8 Å². The van der Waals surface area contributed by atoms with Gasteiger partial charge in [-0.15, -0.1) is 0 Å². The lowest BCUT2D eigenvalue weighted by molar-refractivity contribution is -0.147. The molecular weight excluding hydrogens is 350 g/mol. The van der Waals surface area contributed by atoms with Crippen LogP contribution in [0.2, 0.25) is 0 Å². The Labute approximate surface area is 169 Å². The molecule has 0 aromatic heterocycles. The van der Waals surface area contributed by atoms with Crippen LogP contribution in [0.3, 0.4) is 0 Å². The molecule has 0 atom stereocenters. The Morgan fingerprint density at radius 3 is 2.29 bits per heavy atom. The summed E-state index contributed by atoms with van der Waals surface area (Å²) in [4.78, 5) is 19.5. The molecule has 1 N–H and O–H groups in total. The molecular formula is C23H35N3O2. The summed E-state index contributed by atoms with van der Waals surface area (Å²) in [5.41, 5.74) is 1.45. The van der Waals surface area contributed by atoms with E-state index in [1.54, 1.807) is 0 Å². The number of carbonyl (C=O) groups is 1. The molecule has 0 aliphatic carbocycles. The Kier molecular flexibility index (Phi) is 6.65. The zero-order chi connectivity index (χ0) is 19.3. The summed E-state index contributed by atoms with van der Waals surface area (Å²) in [5, 5.41) is 9.41. The number of rotatable bonds is 6. The van der Waals surface area contributed by atoms with Crippen molar-refractivity contribution in [3.63, 3.8) is 0 Å². The smallest absolute Gasteiger partial charge is 0.225 e. The molecule has 0 spiro atoms. The first-order chi connectivity index (χ1) is 13.7. The van der Waals surface area contributed by atoms with Crippen LogP contribution in [0, 0.1) is 5.92 Å². The maximum absolute atomic E-state index is 12.4. The minimum absolute atomic E-state index is 0.182. The molecule has 4 rings (SSSR count). The second-order valence-corrected chi connectivity index (χ2v) is 8.87. The highest BCUT2D eigenvalue weighted by molar-refractivity contribution is 5.79. The maximum Gasteiger partial charge on any atom is 0.225 e. The van der Waals surface area contributed by atoms with Gasteiger partial charge in [0.1, 0.15) is 0 Å². The van der Waals surface area contributed by atoms with Gasteiger partial charge in [0.15, 0.2) is 0 Å². The molecule has 1 aromatic rings. The summed E-state index contributed by atoms with van der Waals surface area (Å²) in [6, 6.07) is 11.5. The lowest BCUT2D eigenvalue weighted by Gasteiger charge is -2.43. The molecule has 3 heterocycles. The van der Waals surface area contributed by atoms with E-state index in [-0.39, 0.29) is 17.9 Å². The van der Waals surface area contributed by atoms with Gasteiger partial charge in [-0.25, -0.2) is 0 Å². The van der Waals surface area contributed by atoms with Crippen LogP contribution in [0.25, 0.3) is 0 Å². The highest BCUT2D eigenvalue weighted by atomic mass is 16.3. The molecule has 154 valence electrons. The Hall–Kier alpha value is -1.43. The van der Waals surface area contributed by atoms with Gasteiger partial charge in [0, 0.05) is 25.0 Å². The zero-order valence-electron chi connectivity index (χ0n) is 17.0. The normalized spacial score (nSPS) is 23.7. The third-order valence-electron chi connectivity index (χ3n) is 6.91. The van der Waals surface area contributed by atoms with E-state index >= 15 is 0 Å². The number of benzene rings is 1. The number of carbonyl (C=O) groups excluding carboxylic acids is 1. The number of β-amino-alcohol motifs (C(OH)–C–C–N with tert-alkyl or cyclic N) is 1. The van der Waals surface area contributed by atoms with Crippen LogP contribution in [-0.4, -0.2) is 83.7 Å². The van der Waals surface area contributed by atoms with Gasteiger partial charge in [0.2, 0.25) is 5.91 Å². The number of aliphatic hydroxyl groups is 1. The largest absolute Gasteiger partial charge is 0.389 e. The van der Waals surface area contributed by atoms with Crippen molar-refractivity contribution < 1.29 is 9.90 Å². The van der Waals surface area contributed by atoms with E-state index in [1.807, 2.05) is 4.90 Å². The fourth-order valence-electron chi connectivity index (χ4n) is 5.06. The summed E-state index contributed by atoms with van der Waals surface area (Å²) < 4.78 is 0. The second kappa shape index (κ2) is 9.38. The molecule has 3 aliphatic rings. The van der Waals surface area contributed by atoms with E-state index in [0.717, 1.165) is 25.9 Å². The molecule has 3 aliphatic heterocycles. The van der Waals surface area contributed by atoms with Gasteiger partial charge in [-0.3, -0.25) is 4.79 Å². The third-order valence-corrected chi connectivity index (χ3v) is 6.91. The number of aliphatic hydroxyl groups excluding tert-OH is 1. The van der Waals surface area contributed by atoms with Crippen molar-refractivity contribution in [1.82, 2.24) is 14.7 Å². The Morgan fingerprint density at radius 2 is 1.64 bits per heavy atom. The molecule has 28 heavy (non-hydrogen) atoms. The quantitative estimate of drug-likeness (QED) is 0.814. The highest BCUT2D eigenvalue weighted by Gasteiger charge is 2.36. The van der Waals surface area contributed by atoms with Crippen LogP contribution < -0.4 is 0 Å². The van der Waals surface area contributed by atoms with Crippen LogP contribution >= 0.6 is 0 Å². The second-order valence-electron chi connectivity index (χ2n) is 8.87.